The van der Waals surface area contributed by atoms with Crippen molar-refractivity contribution < 1.29 is 4.74 Å². The Kier molecular flexibility index (Phi) is 3.98. The molecule has 1 unspecified atom stereocenters. The molecular formula is C15H19N3OS. The average Bonchev–Trinajstić information content (AvgIpc) is 3.04. The molecule has 1 atom stereocenters. The molecule has 106 valence electrons. The first kappa shape index (κ1) is 13.5. The number of hydrogen-bond acceptors (Lipinski definition) is 5. The molecule has 20 heavy (non-hydrogen) atoms. The molecule has 0 amide bonds. The Labute approximate surface area is 123 Å². The number of hydrogen-bond donors (Lipinski definition) is 1. The van der Waals surface area contributed by atoms with Gasteiger partial charge in [0.2, 0.25) is 0 Å². The third-order valence-electron chi connectivity index (χ3n) is 3.37. The van der Waals surface area contributed by atoms with Crippen LogP contribution in [-0.2, 0) is 6.42 Å². The van der Waals surface area contributed by atoms with Gasteiger partial charge >= 0.3 is 0 Å². The van der Waals surface area contributed by atoms with Gasteiger partial charge in [-0.2, -0.15) is 0 Å². The van der Waals surface area contributed by atoms with Gasteiger partial charge in [0.1, 0.15) is 22.4 Å². The van der Waals surface area contributed by atoms with Gasteiger partial charge < -0.3 is 10.1 Å². The minimum atomic E-state index is 0.246. The van der Waals surface area contributed by atoms with Crippen molar-refractivity contribution in [2.45, 2.75) is 32.2 Å². The molecule has 1 aromatic carbocycles. The molecule has 2 aromatic rings. The summed E-state index contributed by atoms with van der Waals surface area (Å²) in [4.78, 5) is 0. The summed E-state index contributed by atoms with van der Waals surface area (Å²) in [6.45, 7) is 5.93. The molecule has 1 N–H and O–H groups in total. The number of benzene rings is 1. The van der Waals surface area contributed by atoms with E-state index in [1.165, 1.54) is 5.56 Å². The summed E-state index contributed by atoms with van der Waals surface area (Å²) in [6.07, 6.45) is 0.936. The van der Waals surface area contributed by atoms with E-state index in [-0.39, 0.29) is 5.92 Å². The van der Waals surface area contributed by atoms with Crippen LogP contribution in [0.3, 0.4) is 0 Å². The number of para-hydroxylation sites is 1. The van der Waals surface area contributed by atoms with Crippen molar-refractivity contribution in [1.82, 2.24) is 15.5 Å². The molecule has 0 bridgehead atoms. The number of aromatic nitrogens is 2. The Bertz CT molecular complexity index is 582. The van der Waals surface area contributed by atoms with E-state index >= 15 is 0 Å². The molecule has 0 saturated carbocycles. The minimum Gasteiger partial charge on any atom is -0.492 e. The molecule has 1 aliphatic heterocycles. The maximum absolute atomic E-state index is 5.71. The molecule has 0 aliphatic carbocycles. The SMILES string of the molecule is CC(C)NCCc1nnc(C2COc3ccccc32)s1. The standard InChI is InChI=1S/C15H19N3OS/c1-10(2)16-8-7-14-17-18-15(20-14)12-9-19-13-6-4-3-5-11(12)13/h3-6,10,12,16H,7-9H2,1-2H3. The van der Waals surface area contributed by atoms with Gasteiger partial charge in [-0.15, -0.1) is 21.5 Å². The van der Waals surface area contributed by atoms with Crippen LogP contribution in [0.1, 0.15) is 35.3 Å². The van der Waals surface area contributed by atoms with Gasteiger partial charge in [-0.1, -0.05) is 32.0 Å². The lowest BCUT2D eigenvalue weighted by molar-refractivity contribution is 0.342. The summed E-state index contributed by atoms with van der Waals surface area (Å²) in [5.41, 5.74) is 1.23. The number of nitrogens with one attached hydrogen (secondary N) is 1. The van der Waals surface area contributed by atoms with Gasteiger partial charge in [-0.25, -0.2) is 0 Å². The van der Waals surface area contributed by atoms with Crippen LogP contribution in [-0.4, -0.2) is 29.4 Å². The molecule has 0 radical (unpaired) electrons. The van der Waals surface area contributed by atoms with Crippen LogP contribution in [0.25, 0.3) is 0 Å². The largest absolute Gasteiger partial charge is 0.492 e. The predicted molar refractivity (Wildman–Crippen MR) is 80.5 cm³/mol. The lowest BCUT2D eigenvalue weighted by Crippen LogP contribution is -2.24. The topological polar surface area (TPSA) is 47.0 Å². The van der Waals surface area contributed by atoms with E-state index in [0.29, 0.717) is 12.6 Å². The fourth-order valence-corrected chi connectivity index (χ4v) is 3.29. The van der Waals surface area contributed by atoms with Crippen molar-refractivity contribution in [2.24, 2.45) is 0 Å². The summed E-state index contributed by atoms with van der Waals surface area (Å²) >= 11 is 1.70. The summed E-state index contributed by atoms with van der Waals surface area (Å²) in [5, 5.41) is 14.2. The maximum Gasteiger partial charge on any atom is 0.128 e. The first-order valence-electron chi connectivity index (χ1n) is 7.01. The fraction of sp³-hybridized carbons (Fsp3) is 0.467. The highest BCUT2D eigenvalue weighted by Crippen LogP contribution is 2.38. The van der Waals surface area contributed by atoms with Crippen molar-refractivity contribution >= 4 is 11.3 Å². The zero-order chi connectivity index (χ0) is 13.9. The van der Waals surface area contributed by atoms with E-state index in [9.17, 15) is 0 Å². The monoisotopic (exact) mass is 289 g/mol. The molecule has 3 rings (SSSR count). The molecule has 5 heteroatoms. The lowest BCUT2D eigenvalue weighted by atomic mass is 10.0. The number of ether oxygens (including phenoxy) is 1. The Morgan fingerprint density at radius 2 is 2.20 bits per heavy atom. The molecular weight excluding hydrogens is 270 g/mol. The molecule has 0 saturated heterocycles. The van der Waals surface area contributed by atoms with Crippen LogP contribution >= 0.6 is 11.3 Å². The van der Waals surface area contributed by atoms with Crippen molar-refractivity contribution in [2.75, 3.05) is 13.2 Å². The van der Waals surface area contributed by atoms with Crippen LogP contribution in [0.5, 0.6) is 5.75 Å². The Morgan fingerprint density at radius 3 is 3.05 bits per heavy atom. The summed E-state index contributed by atoms with van der Waals surface area (Å²) in [7, 11) is 0. The summed E-state index contributed by atoms with van der Waals surface area (Å²) in [6, 6.07) is 8.70. The Hall–Kier alpha value is -1.46. The van der Waals surface area contributed by atoms with E-state index < -0.39 is 0 Å². The van der Waals surface area contributed by atoms with Gasteiger partial charge in [-0.05, 0) is 6.07 Å². The van der Waals surface area contributed by atoms with E-state index in [1.807, 2.05) is 12.1 Å². The Morgan fingerprint density at radius 1 is 1.35 bits per heavy atom. The lowest BCUT2D eigenvalue weighted by Gasteiger charge is -2.05. The maximum atomic E-state index is 5.71. The van der Waals surface area contributed by atoms with Crippen LogP contribution < -0.4 is 10.1 Å². The van der Waals surface area contributed by atoms with Gasteiger partial charge in [-0.3, -0.25) is 0 Å². The molecule has 4 nitrogen and oxygen atoms in total. The van der Waals surface area contributed by atoms with Crippen LogP contribution in [0.2, 0.25) is 0 Å². The van der Waals surface area contributed by atoms with Crippen molar-refractivity contribution in [1.29, 1.82) is 0 Å². The second-order valence-corrected chi connectivity index (χ2v) is 6.39. The van der Waals surface area contributed by atoms with Gasteiger partial charge in [0.25, 0.3) is 0 Å². The second-order valence-electron chi connectivity index (χ2n) is 5.29. The van der Waals surface area contributed by atoms with E-state index in [0.717, 1.165) is 28.7 Å². The van der Waals surface area contributed by atoms with Crippen molar-refractivity contribution in [3.8, 4) is 5.75 Å². The number of fused-ring (bicyclic) bond motifs is 1. The minimum absolute atomic E-state index is 0.246. The van der Waals surface area contributed by atoms with E-state index in [2.05, 4.69) is 41.5 Å². The van der Waals surface area contributed by atoms with Gasteiger partial charge in [0, 0.05) is 24.6 Å². The number of nitrogens with zero attached hydrogens (tertiary/aromatic N) is 2. The average molecular weight is 289 g/mol. The predicted octanol–water partition coefficient (Wildman–Crippen LogP) is 2.60. The normalized spacial score (nSPS) is 17.2. The van der Waals surface area contributed by atoms with E-state index in [4.69, 9.17) is 4.74 Å². The van der Waals surface area contributed by atoms with Crippen LogP contribution in [0, 0.1) is 0 Å². The Balaban J connectivity index is 1.69. The molecule has 0 spiro atoms. The summed E-state index contributed by atoms with van der Waals surface area (Å²) < 4.78 is 5.71. The van der Waals surface area contributed by atoms with E-state index in [1.54, 1.807) is 11.3 Å². The third kappa shape index (κ3) is 2.83. The zero-order valence-corrected chi connectivity index (χ0v) is 12.6. The fourth-order valence-electron chi connectivity index (χ4n) is 2.34. The smallest absolute Gasteiger partial charge is 0.128 e. The summed E-state index contributed by atoms with van der Waals surface area (Å²) in [5.74, 6) is 1.23. The highest BCUT2D eigenvalue weighted by Gasteiger charge is 2.28. The zero-order valence-electron chi connectivity index (χ0n) is 11.8. The molecule has 1 aromatic heterocycles. The first-order chi connectivity index (χ1) is 9.74. The first-order valence-corrected chi connectivity index (χ1v) is 7.83. The quantitative estimate of drug-likeness (QED) is 0.919. The van der Waals surface area contributed by atoms with Crippen molar-refractivity contribution in [3.05, 3.63) is 39.8 Å². The highest BCUT2D eigenvalue weighted by atomic mass is 32.1. The number of rotatable bonds is 5. The molecule has 2 heterocycles. The van der Waals surface area contributed by atoms with Crippen molar-refractivity contribution in [3.63, 3.8) is 0 Å². The highest BCUT2D eigenvalue weighted by molar-refractivity contribution is 7.11. The molecule has 0 fully saturated rings. The van der Waals surface area contributed by atoms with Gasteiger partial charge in [0.15, 0.2) is 0 Å². The van der Waals surface area contributed by atoms with Gasteiger partial charge in [0.05, 0.1) is 5.92 Å². The molecule has 1 aliphatic rings. The third-order valence-corrected chi connectivity index (χ3v) is 4.47. The van der Waals surface area contributed by atoms with Crippen LogP contribution in [0.15, 0.2) is 24.3 Å². The second kappa shape index (κ2) is 5.89. The van der Waals surface area contributed by atoms with Crippen LogP contribution in [0.4, 0.5) is 0 Å².